The third kappa shape index (κ3) is 3.52. The molecule has 4 amide bonds. The van der Waals surface area contributed by atoms with Gasteiger partial charge < -0.3 is 0 Å². The summed E-state index contributed by atoms with van der Waals surface area (Å²) in [5.74, 6) is -1.54. The smallest absolute Gasteiger partial charge is 0.292 e. The van der Waals surface area contributed by atoms with Crippen molar-refractivity contribution >= 4 is 23.6 Å². The van der Waals surface area contributed by atoms with Crippen LogP contribution in [-0.4, -0.2) is 47.0 Å². The first-order valence-corrected chi connectivity index (χ1v) is 8.04. The molecule has 0 N–H and O–H groups in total. The van der Waals surface area contributed by atoms with Gasteiger partial charge in [-0.15, -0.1) is 0 Å². The van der Waals surface area contributed by atoms with Crippen LogP contribution >= 0.6 is 0 Å². The van der Waals surface area contributed by atoms with Gasteiger partial charge in [0, 0.05) is 12.6 Å². The van der Waals surface area contributed by atoms with Gasteiger partial charge in [-0.1, -0.05) is 42.0 Å². The summed E-state index contributed by atoms with van der Waals surface area (Å²) in [6, 6.07) is 7.67. The highest BCUT2D eigenvalue weighted by Crippen LogP contribution is 2.33. The van der Waals surface area contributed by atoms with Crippen LogP contribution in [0.5, 0.6) is 0 Å². The van der Waals surface area contributed by atoms with Crippen molar-refractivity contribution in [3.05, 3.63) is 47.5 Å². The Balaban J connectivity index is 2.32. The second kappa shape index (κ2) is 7.01. The summed E-state index contributed by atoms with van der Waals surface area (Å²) in [6.07, 6.45) is 1.97. The number of benzene rings is 1. The Morgan fingerprint density at radius 2 is 1.68 bits per heavy atom. The Kier molecular flexibility index (Phi) is 5.21. The molecule has 0 saturated carbocycles. The molecule has 1 aliphatic rings. The minimum absolute atomic E-state index is 0.181. The number of allylic oxidation sites excluding steroid dienone is 2. The van der Waals surface area contributed by atoms with E-state index in [2.05, 4.69) is 0 Å². The number of Topliss-reactive ketones (excluding diaryl/α,β-unsaturated/α-hetero) is 1. The summed E-state index contributed by atoms with van der Waals surface area (Å²) < 4.78 is 0. The minimum Gasteiger partial charge on any atom is -0.292 e. The van der Waals surface area contributed by atoms with Crippen LogP contribution < -0.4 is 0 Å². The SMILES string of the molecule is CC(C)=CCC1(C)C(=O)N(C)C(=O)N(CC(=O)c2ccccc2)C1=O. The highest BCUT2D eigenvalue weighted by atomic mass is 16.2. The maximum Gasteiger partial charge on any atom is 0.333 e. The molecular weight excluding hydrogens is 320 g/mol. The standard InChI is InChI=1S/C19H22N2O4/c1-13(2)10-11-19(3)16(23)20(4)18(25)21(17(19)24)12-15(22)14-8-6-5-7-9-14/h5-10H,11-12H2,1-4H3. The van der Waals surface area contributed by atoms with E-state index >= 15 is 0 Å². The molecule has 6 nitrogen and oxygen atoms in total. The first kappa shape index (κ1) is 18.6. The quantitative estimate of drug-likeness (QED) is 0.468. The zero-order valence-electron chi connectivity index (χ0n) is 14.9. The van der Waals surface area contributed by atoms with Crippen LogP contribution in [0.25, 0.3) is 0 Å². The number of hydrogen-bond donors (Lipinski definition) is 0. The predicted octanol–water partition coefficient (Wildman–Crippen LogP) is 2.65. The highest BCUT2D eigenvalue weighted by molar-refractivity contribution is 6.20. The van der Waals surface area contributed by atoms with Crippen LogP contribution in [0.3, 0.4) is 0 Å². The molecule has 0 spiro atoms. The molecule has 25 heavy (non-hydrogen) atoms. The highest BCUT2D eigenvalue weighted by Gasteiger charge is 2.52. The van der Waals surface area contributed by atoms with E-state index in [1.807, 2.05) is 13.8 Å². The molecule has 132 valence electrons. The van der Waals surface area contributed by atoms with Gasteiger partial charge in [0.15, 0.2) is 5.78 Å². The molecule has 0 aliphatic carbocycles. The molecule has 1 fully saturated rings. The third-order valence-electron chi connectivity index (χ3n) is 4.33. The van der Waals surface area contributed by atoms with E-state index in [9.17, 15) is 19.2 Å². The van der Waals surface area contributed by atoms with Crippen LogP contribution in [0.1, 0.15) is 37.6 Å². The summed E-state index contributed by atoms with van der Waals surface area (Å²) in [5.41, 5.74) is -0.0152. The maximum absolute atomic E-state index is 12.9. The largest absolute Gasteiger partial charge is 0.333 e. The number of carbonyl (C=O) groups is 4. The average molecular weight is 342 g/mol. The Hall–Kier alpha value is -2.76. The van der Waals surface area contributed by atoms with Crippen molar-refractivity contribution in [2.24, 2.45) is 5.41 Å². The van der Waals surface area contributed by atoms with E-state index in [1.54, 1.807) is 36.4 Å². The second-order valence-electron chi connectivity index (χ2n) is 6.64. The zero-order chi connectivity index (χ0) is 18.8. The zero-order valence-corrected chi connectivity index (χ0v) is 14.9. The van der Waals surface area contributed by atoms with Crippen molar-refractivity contribution in [3.63, 3.8) is 0 Å². The van der Waals surface area contributed by atoms with Gasteiger partial charge >= 0.3 is 6.03 Å². The number of urea groups is 1. The lowest BCUT2D eigenvalue weighted by Crippen LogP contribution is -2.63. The van der Waals surface area contributed by atoms with Gasteiger partial charge in [-0.2, -0.15) is 0 Å². The lowest BCUT2D eigenvalue weighted by Gasteiger charge is -2.40. The molecule has 1 aromatic rings. The van der Waals surface area contributed by atoms with Crippen molar-refractivity contribution in [3.8, 4) is 0 Å². The van der Waals surface area contributed by atoms with E-state index in [4.69, 9.17) is 0 Å². The van der Waals surface area contributed by atoms with Crippen LogP contribution in [-0.2, 0) is 9.59 Å². The van der Waals surface area contributed by atoms with E-state index in [1.165, 1.54) is 14.0 Å². The lowest BCUT2D eigenvalue weighted by atomic mass is 9.81. The fourth-order valence-corrected chi connectivity index (χ4v) is 2.70. The van der Waals surface area contributed by atoms with Gasteiger partial charge in [-0.3, -0.25) is 24.2 Å². The number of ketones is 1. The first-order chi connectivity index (χ1) is 11.7. The Bertz CT molecular complexity index is 750. The van der Waals surface area contributed by atoms with Crippen molar-refractivity contribution in [1.29, 1.82) is 0 Å². The number of amides is 4. The topological polar surface area (TPSA) is 74.8 Å². The van der Waals surface area contributed by atoms with Gasteiger partial charge in [-0.05, 0) is 27.2 Å². The number of hydrogen-bond acceptors (Lipinski definition) is 4. The molecular formula is C19H22N2O4. The molecule has 0 radical (unpaired) electrons. The van der Waals surface area contributed by atoms with E-state index < -0.39 is 23.3 Å². The normalized spacial score (nSPS) is 20.7. The van der Waals surface area contributed by atoms with Crippen LogP contribution in [0.2, 0.25) is 0 Å². The molecule has 2 rings (SSSR count). The van der Waals surface area contributed by atoms with Crippen molar-refractivity contribution in [2.45, 2.75) is 27.2 Å². The Morgan fingerprint density at radius 3 is 2.24 bits per heavy atom. The van der Waals surface area contributed by atoms with Crippen LogP contribution in [0.4, 0.5) is 4.79 Å². The maximum atomic E-state index is 12.9. The predicted molar refractivity (Wildman–Crippen MR) is 92.8 cm³/mol. The summed E-state index contributed by atoms with van der Waals surface area (Å²) in [7, 11) is 1.33. The number of imide groups is 2. The third-order valence-corrected chi connectivity index (χ3v) is 4.33. The van der Waals surface area contributed by atoms with E-state index in [0.717, 1.165) is 15.4 Å². The summed E-state index contributed by atoms with van der Waals surface area (Å²) in [6.45, 7) is 4.86. The van der Waals surface area contributed by atoms with E-state index in [0.29, 0.717) is 5.56 Å². The van der Waals surface area contributed by atoms with Crippen molar-refractivity contribution in [2.75, 3.05) is 13.6 Å². The number of rotatable bonds is 5. The van der Waals surface area contributed by atoms with Crippen LogP contribution in [0.15, 0.2) is 42.0 Å². The van der Waals surface area contributed by atoms with Gasteiger partial charge in [0.1, 0.15) is 5.41 Å². The van der Waals surface area contributed by atoms with Crippen molar-refractivity contribution in [1.82, 2.24) is 9.80 Å². The Morgan fingerprint density at radius 1 is 1.08 bits per heavy atom. The second-order valence-corrected chi connectivity index (χ2v) is 6.64. The molecule has 6 heteroatoms. The van der Waals surface area contributed by atoms with Crippen molar-refractivity contribution < 1.29 is 19.2 Å². The fraction of sp³-hybridized carbons (Fsp3) is 0.368. The van der Waals surface area contributed by atoms with Crippen LogP contribution in [0, 0.1) is 5.41 Å². The van der Waals surface area contributed by atoms with Gasteiger partial charge in [0.25, 0.3) is 0 Å². The van der Waals surface area contributed by atoms with E-state index in [-0.39, 0.29) is 18.7 Å². The van der Waals surface area contributed by atoms with Gasteiger partial charge in [-0.25, -0.2) is 4.79 Å². The minimum atomic E-state index is -1.39. The fourth-order valence-electron chi connectivity index (χ4n) is 2.70. The Labute approximate surface area is 147 Å². The summed E-state index contributed by atoms with van der Waals surface area (Å²) in [5, 5.41) is 0. The monoisotopic (exact) mass is 342 g/mol. The number of nitrogens with zero attached hydrogens (tertiary/aromatic N) is 2. The van der Waals surface area contributed by atoms with Gasteiger partial charge in [0.2, 0.25) is 11.8 Å². The summed E-state index contributed by atoms with van der Waals surface area (Å²) in [4.78, 5) is 52.0. The summed E-state index contributed by atoms with van der Waals surface area (Å²) >= 11 is 0. The molecule has 1 aromatic carbocycles. The molecule has 1 aliphatic heterocycles. The molecule has 1 unspecified atom stereocenters. The number of barbiturate groups is 1. The average Bonchev–Trinajstić information content (AvgIpc) is 2.61. The number of carbonyl (C=O) groups excluding carboxylic acids is 4. The molecule has 1 atom stereocenters. The molecule has 1 saturated heterocycles. The molecule has 0 aromatic heterocycles. The molecule has 1 heterocycles. The first-order valence-electron chi connectivity index (χ1n) is 8.04. The lowest BCUT2D eigenvalue weighted by molar-refractivity contribution is -0.156. The molecule has 0 bridgehead atoms. The van der Waals surface area contributed by atoms with Gasteiger partial charge in [0.05, 0.1) is 6.54 Å².